The molecule has 31 heavy (non-hydrogen) atoms. The van der Waals surface area contributed by atoms with Crippen molar-refractivity contribution in [2.75, 3.05) is 13.2 Å². The van der Waals surface area contributed by atoms with Crippen molar-refractivity contribution in [3.05, 3.63) is 47.0 Å². The van der Waals surface area contributed by atoms with E-state index in [0.29, 0.717) is 35.1 Å². The number of hydrogen-bond donors (Lipinski definition) is 0. The Labute approximate surface area is 183 Å². The van der Waals surface area contributed by atoms with Crippen molar-refractivity contribution < 1.29 is 28.5 Å². The second-order valence-electron chi connectivity index (χ2n) is 8.71. The average Bonchev–Trinajstić information content (AvgIpc) is 2.73. The van der Waals surface area contributed by atoms with Gasteiger partial charge in [-0.1, -0.05) is 63.6 Å². The lowest BCUT2D eigenvalue weighted by Crippen LogP contribution is -2.18. The van der Waals surface area contributed by atoms with Crippen LogP contribution < -0.4 is 9.47 Å². The molecule has 0 amide bonds. The molecule has 0 saturated heterocycles. The smallest absolute Gasteiger partial charge is 0.434 e. The number of hydrogen-bond acceptors (Lipinski definition) is 6. The number of rotatable bonds is 6. The molecule has 6 nitrogen and oxygen atoms in total. The zero-order chi connectivity index (χ0) is 22.5. The monoisotopic (exact) mass is 426 g/mol. The summed E-state index contributed by atoms with van der Waals surface area (Å²) in [5, 5.41) is 1.37. The van der Waals surface area contributed by atoms with Crippen LogP contribution in [0.1, 0.15) is 45.7 Å². The third-order valence-corrected chi connectivity index (χ3v) is 4.88. The molecule has 0 atom stereocenters. The van der Waals surface area contributed by atoms with Crippen molar-refractivity contribution in [2.45, 2.75) is 47.5 Å². The van der Waals surface area contributed by atoms with Crippen LogP contribution >= 0.6 is 0 Å². The zero-order valence-electron chi connectivity index (χ0n) is 18.8. The fourth-order valence-electron chi connectivity index (χ4n) is 3.44. The topological polar surface area (TPSA) is 71.1 Å². The molecule has 166 valence electrons. The zero-order valence-corrected chi connectivity index (χ0v) is 18.8. The van der Waals surface area contributed by atoms with E-state index in [1.54, 1.807) is 0 Å². The lowest BCUT2D eigenvalue weighted by atomic mass is 9.87. The van der Waals surface area contributed by atoms with Crippen molar-refractivity contribution in [2.24, 2.45) is 11.8 Å². The molecule has 0 saturated carbocycles. The van der Waals surface area contributed by atoms with E-state index >= 15 is 0 Å². The summed E-state index contributed by atoms with van der Waals surface area (Å²) in [6.45, 7) is 10.4. The fourth-order valence-corrected chi connectivity index (χ4v) is 3.44. The Morgan fingerprint density at radius 1 is 0.839 bits per heavy atom. The van der Waals surface area contributed by atoms with Crippen LogP contribution in [0, 0.1) is 11.8 Å². The van der Waals surface area contributed by atoms with Gasteiger partial charge in [0.1, 0.15) is 11.5 Å². The molecule has 0 N–H and O–H groups in total. The van der Waals surface area contributed by atoms with Gasteiger partial charge < -0.3 is 18.9 Å². The summed E-state index contributed by atoms with van der Waals surface area (Å²) in [6.07, 6.45) is 1.76. The maximum atomic E-state index is 12.4. The molecular weight excluding hydrogens is 396 g/mol. The number of ether oxygens (including phenoxy) is 4. The van der Waals surface area contributed by atoms with Gasteiger partial charge in [0.25, 0.3) is 0 Å². The highest BCUT2D eigenvalue weighted by molar-refractivity contribution is 5.98. The van der Waals surface area contributed by atoms with Gasteiger partial charge in [0.15, 0.2) is 0 Å². The minimum atomic E-state index is -0.739. The standard InChI is InChI=1S/C25H30O6/c1-15(2)13-28-24(26)30-22-18-8-6-7-9-19(18)23(31-25(27)29-14-16(3)4)21-12-17(5)10-11-20(21)22/h6-10,15-16H,11-14H2,1-5H3. The van der Waals surface area contributed by atoms with E-state index < -0.39 is 12.3 Å². The highest BCUT2D eigenvalue weighted by Gasteiger charge is 2.27. The summed E-state index contributed by atoms with van der Waals surface area (Å²) in [5.74, 6) is 1.31. The summed E-state index contributed by atoms with van der Waals surface area (Å²) < 4.78 is 21.9. The van der Waals surface area contributed by atoms with Gasteiger partial charge in [-0.15, -0.1) is 0 Å². The molecule has 2 aromatic rings. The highest BCUT2D eigenvalue weighted by Crippen LogP contribution is 2.44. The Balaban J connectivity index is 2.04. The molecule has 3 rings (SSSR count). The molecule has 1 aliphatic carbocycles. The van der Waals surface area contributed by atoms with Crippen molar-refractivity contribution in [1.82, 2.24) is 0 Å². The quantitative estimate of drug-likeness (QED) is 0.310. The SMILES string of the molecule is CC1=CCc2c(c(OC(=O)OCC(C)C)c3ccccc3c2OC(=O)OCC(C)C)C1. The predicted octanol–water partition coefficient (Wildman–Crippen LogP) is 6.23. The van der Waals surface area contributed by atoms with Crippen LogP contribution in [0.2, 0.25) is 0 Å². The van der Waals surface area contributed by atoms with Crippen molar-refractivity contribution in [1.29, 1.82) is 0 Å². The normalized spacial score (nSPS) is 13.1. The molecule has 0 spiro atoms. The lowest BCUT2D eigenvalue weighted by molar-refractivity contribution is 0.0868. The summed E-state index contributed by atoms with van der Waals surface area (Å²) in [4.78, 5) is 24.7. The van der Waals surface area contributed by atoms with Crippen LogP contribution in [0.3, 0.4) is 0 Å². The first kappa shape index (κ1) is 22.7. The van der Waals surface area contributed by atoms with Crippen LogP contribution in [-0.4, -0.2) is 25.5 Å². The van der Waals surface area contributed by atoms with Gasteiger partial charge >= 0.3 is 12.3 Å². The molecule has 0 radical (unpaired) electrons. The van der Waals surface area contributed by atoms with E-state index in [2.05, 4.69) is 6.08 Å². The molecule has 2 aromatic carbocycles. The maximum absolute atomic E-state index is 12.4. The summed E-state index contributed by atoms with van der Waals surface area (Å²) in [5.41, 5.74) is 2.79. The molecular formula is C25H30O6. The number of allylic oxidation sites excluding steroid dienone is 2. The van der Waals surface area contributed by atoms with Gasteiger partial charge in [-0.25, -0.2) is 9.59 Å². The minimum Gasteiger partial charge on any atom is -0.434 e. The maximum Gasteiger partial charge on any atom is 0.513 e. The molecule has 0 heterocycles. The van der Waals surface area contributed by atoms with Crippen molar-refractivity contribution in [3.63, 3.8) is 0 Å². The van der Waals surface area contributed by atoms with Gasteiger partial charge in [-0.05, 0) is 31.6 Å². The van der Waals surface area contributed by atoms with E-state index in [4.69, 9.17) is 18.9 Å². The second-order valence-corrected chi connectivity index (χ2v) is 8.71. The number of carbonyl (C=O) groups is 2. The molecule has 0 aliphatic heterocycles. The van der Waals surface area contributed by atoms with Crippen molar-refractivity contribution in [3.8, 4) is 11.5 Å². The number of fused-ring (bicyclic) bond motifs is 2. The summed E-state index contributed by atoms with van der Waals surface area (Å²) in [6, 6.07) is 7.40. The molecule has 0 bridgehead atoms. The van der Waals surface area contributed by atoms with Crippen LogP contribution in [0.15, 0.2) is 35.9 Å². The van der Waals surface area contributed by atoms with Crippen LogP contribution in [0.25, 0.3) is 10.8 Å². The first-order chi connectivity index (χ1) is 14.8. The van der Waals surface area contributed by atoms with Gasteiger partial charge in [-0.2, -0.15) is 0 Å². The Morgan fingerprint density at radius 2 is 1.32 bits per heavy atom. The molecule has 0 unspecified atom stereocenters. The third kappa shape index (κ3) is 5.57. The average molecular weight is 427 g/mol. The number of benzene rings is 2. The van der Waals surface area contributed by atoms with E-state index in [1.165, 1.54) is 0 Å². The molecule has 0 fully saturated rings. The minimum absolute atomic E-state index is 0.205. The van der Waals surface area contributed by atoms with Crippen LogP contribution in [0.4, 0.5) is 9.59 Å². The Bertz CT molecular complexity index is 1000. The summed E-state index contributed by atoms with van der Waals surface area (Å²) in [7, 11) is 0. The van der Waals surface area contributed by atoms with Gasteiger partial charge in [-0.3, -0.25) is 0 Å². The van der Waals surface area contributed by atoms with E-state index in [9.17, 15) is 9.59 Å². The van der Waals surface area contributed by atoms with E-state index in [0.717, 1.165) is 16.7 Å². The van der Waals surface area contributed by atoms with Crippen LogP contribution in [0.5, 0.6) is 11.5 Å². The Morgan fingerprint density at radius 3 is 1.81 bits per heavy atom. The van der Waals surface area contributed by atoms with Crippen LogP contribution in [-0.2, 0) is 22.3 Å². The van der Waals surface area contributed by atoms with Gasteiger partial charge in [0.2, 0.25) is 0 Å². The van der Waals surface area contributed by atoms with Crippen molar-refractivity contribution >= 4 is 23.1 Å². The van der Waals surface area contributed by atoms with E-state index in [-0.39, 0.29) is 25.0 Å². The number of carbonyl (C=O) groups excluding carboxylic acids is 2. The Kier molecular flexibility index (Phi) is 7.21. The first-order valence-corrected chi connectivity index (χ1v) is 10.7. The molecule has 0 aromatic heterocycles. The molecule has 6 heteroatoms. The van der Waals surface area contributed by atoms with Gasteiger partial charge in [0, 0.05) is 21.9 Å². The highest BCUT2D eigenvalue weighted by atomic mass is 16.7. The molecule has 1 aliphatic rings. The van der Waals surface area contributed by atoms with Gasteiger partial charge in [0.05, 0.1) is 13.2 Å². The summed E-state index contributed by atoms with van der Waals surface area (Å²) >= 11 is 0. The fraction of sp³-hybridized carbons (Fsp3) is 0.440. The predicted molar refractivity (Wildman–Crippen MR) is 119 cm³/mol. The first-order valence-electron chi connectivity index (χ1n) is 10.7. The second kappa shape index (κ2) is 9.86. The lowest BCUT2D eigenvalue weighted by Gasteiger charge is -2.23. The Hall–Kier alpha value is -3.02. The van der Waals surface area contributed by atoms with E-state index in [1.807, 2.05) is 58.9 Å². The largest absolute Gasteiger partial charge is 0.513 e. The third-order valence-electron chi connectivity index (χ3n) is 4.88.